The van der Waals surface area contributed by atoms with Crippen LogP contribution < -0.4 is 0 Å². The molecule has 3 heteroatoms. The number of likely N-dealkylation sites (tertiary alicyclic amines) is 1. The van der Waals surface area contributed by atoms with Gasteiger partial charge in [0.1, 0.15) is 5.60 Å². The van der Waals surface area contributed by atoms with E-state index in [1.807, 2.05) is 25.7 Å². The first-order chi connectivity index (χ1) is 9.32. The molecule has 0 radical (unpaired) electrons. The first kappa shape index (κ1) is 17.3. The van der Waals surface area contributed by atoms with E-state index in [9.17, 15) is 4.79 Å². The van der Waals surface area contributed by atoms with E-state index >= 15 is 0 Å². The van der Waals surface area contributed by atoms with E-state index in [2.05, 4.69) is 13.8 Å². The van der Waals surface area contributed by atoms with Crippen molar-refractivity contribution in [2.24, 2.45) is 5.41 Å². The number of rotatable bonds is 6. The zero-order chi connectivity index (χ0) is 15.2. The minimum atomic E-state index is -0.394. The van der Waals surface area contributed by atoms with Crippen molar-refractivity contribution in [1.82, 2.24) is 4.90 Å². The van der Waals surface area contributed by atoms with Crippen molar-refractivity contribution in [2.75, 3.05) is 13.1 Å². The van der Waals surface area contributed by atoms with Crippen LogP contribution in [-0.4, -0.2) is 29.7 Å². The Bertz CT molecular complexity index is 309. The molecule has 1 saturated heterocycles. The summed E-state index contributed by atoms with van der Waals surface area (Å²) in [6.45, 7) is 12.0. The largest absolute Gasteiger partial charge is 0.444 e. The van der Waals surface area contributed by atoms with Gasteiger partial charge in [0, 0.05) is 13.1 Å². The summed E-state index contributed by atoms with van der Waals surface area (Å²) >= 11 is 0. The summed E-state index contributed by atoms with van der Waals surface area (Å²) in [5.74, 6) is 0. The van der Waals surface area contributed by atoms with Crippen molar-refractivity contribution in [1.29, 1.82) is 0 Å². The number of nitrogens with zero attached hydrogens (tertiary/aromatic N) is 1. The molecule has 1 heterocycles. The SMILES string of the molecule is CCCCCC1(CCC)CCN(C(=O)OC(C)(C)C)C1. The van der Waals surface area contributed by atoms with Crippen molar-refractivity contribution >= 4 is 6.09 Å². The monoisotopic (exact) mass is 283 g/mol. The van der Waals surface area contributed by atoms with E-state index in [1.165, 1.54) is 38.5 Å². The van der Waals surface area contributed by atoms with Crippen LogP contribution in [0.15, 0.2) is 0 Å². The van der Waals surface area contributed by atoms with Gasteiger partial charge >= 0.3 is 6.09 Å². The van der Waals surface area contributed by atoms with Gasteiger partial charge in [-0.15, -0.1) is 0 Å². The van der Waals surface area contributed by atoms with Crippen molar-refractivity contribution < 1.29 is 9.53 Å². The fourth-order valence-corrected chi connectivity index (χ4v) is 3.23. The minimum absolute atomic E-state index is 0.133. The molecule has 3 nitrogen and oxygen atoms in total. The fourth-order valence-electron chi connectivity index (χ4n) is 3.23. The van der Waals surface area contributed by atoms with Gasteiger partial charge in [0.2, 0.25) is 0 Å². The second kappa shape index (κ2) is 7.33. The van der Waals surface area contributed by atoms with Gasteiger partial charge in [-0.2, -0.15) is 0 Å². The van der Waals surface area contributed by atoms with Crippen LogP contribution in [0.4, 0.5) is 4.79 Å². The van der Waals surface area contributed by atoms with Crippen molar-refractivity contribution in [2.45, 2.75) is 85.2 Å². The molecule has 1 amide bonds. The van der Waals surface area contributed by atoms with Crippen molar-refractivity contribution in [3.63, 3.8) is 0 Å². The number of hydrogen-bond acceptors (Lipinski definition) is 2. The van der Waals surface area contributed by atoms with Crippen molar-refractivity contribution in [3.8, 4) is 0 Å². The summed E-state index contributed by atoms with van der Waals surface area (Å²) in [5.41, 5.74) is -0.0455. The van der Waals surface area contributed by atoms with E-state index in [1.54, 1.807) is 0 Å². The third-order valence-corrected chi connectivity index (χ3v) is 4.18. The summed E-state index contributed by atoms with van der Waals surface area (Å²) in [4.78, 5) is 14.1. The molecule has 118 valence electrons. The van der Waals surface area contributed by atoms with Crippen LogP contribution in [0.3, 0.4) is 0 Å². The Morgan fingerprint density at radius 3 is 2.40 bits per heavy atom. The standard InChI is InChI=1S/C17H33NO2/c1-6-8-9-11-17(10-7-2)12-13-18(14-17)15(19)20-16(3,4)5/h6-14H2,1-5H3. The summed E-state index contributed by atoms with van der Waals surface area (Å²) < 4.78 is 5.51. The Labute approximate surface area is 125 Å². The zero-order valence-electron chi connectivity index (χ0n) is 14.1. The lowest BCUT2D eigenvalue weighted by molar-refractivity contribution is 0.0267. The molecular weight excluding hydrogens is 250 g/mol. The molecule has 1 aliphatic heterocycles. The van der Waals surface area contributed by atoms with Crippen LogP contribution in [0.2, 0.25) is 0 Å². The van der Waals surface area contributed by atoms with Crippen molar-refractivity contribution in [3.05, 3.63) is 0 Å². The Morgan fingerprint density at radius 1 is 1.15 bits per heavy atom. The average Bonchev–Trinajstić information content (AvgIpc) is 2.73. The van der Waals surface area contributed by atoms with Gasteiger partial charge in [-0.25, -0.2) is 4.79 Å². The van der Waals surface area contributed by atoms with E-state index in [4.69, 9.17) is 4.74 Å². The molecule has 0 N–H and O–H groups in total. The summed E-state index contributed by atoms with van der Waals surface area (Å²) in [7, 11) is 0. The molecule has 1 rings (SSSR count). The molecule has 20 heavy (non-hydrogen) atoms. The topological polar surface area (TPSA) is 29.5 Å². The highest BCUT2D eigenvalue weighted by atomic mass is 16.6. The molecule has 0 aromatic carbocycles. The van der Waals surface area contributed by atoms with Gasteiger partial charge in [0.25, 0.3) is 0 Å². The number of amides is 1. The molecule has 1 fully saturated rings. The molecule has 0 aromatic rings. The highest BCUT2D eigenvalue weighted by Gasteiger charge is 2.39. The highest BCUT2D eigenvalue weighted by Crippen LogP contribution is 2.40. The minimum Gasteiger partial charge on any atom is -0.444 e. The zero-order valence-corrected chi connectivity index (χ0v) is 14.1. The molecule has 1 aliphatic rings. The molecule has 0 saturated carbocycles. The Morgan fingerprint density at radius 2 is 1.85 bits per heavy atom. The Balaban J connectivity index is 2.57. The van der Waals surface area contributed by atoms with Crippen LogP contribution in [0.5, 0.6) is 0 Å². The maximum Gasteiger partial charge on any atom is 0.410 e. The van der Waals surface area contributed by atoms with E-state index < -0.39 is 5.60 Å². The Hall–Kier alpha value is -0.730. The molecule has 0 bridgehead atoms. The Kier molecular flexibility index (Phi) is 6.35. The number of hydrogen-bond donors (Lipinski definition) is 0. The smallest absolute Gasteiger partial charge is 0.410 e. The van der Waals surface area contributed by atoms with E-state index in [-0.39, 0.29) is 6.09 Å². The molecule has 0 aromatic heterocycles. The van der Waals surface area contributed by atoms with Crippen LogP contribution in [-0.2, 0) is 4.74 Å². The quantitative estimate of drug-likeness (QED) is 0.642. The maximum absolute atomic E-state index is 12.2. The fraction of sp³-hybridized carbons (Fsp3) is 0.941. The molecule has 0 spiro atoms. The van der Waals surface area contributed by atoms with E-state index in [0.29, 0.717) is 5.41 Å². The summed E-state index contributed by atoms with van der Waals surface area (Å²) in [5, 5.41) is 0. The van der Waals surface area contributed by atoms with Gasteiger partial charge in [0.05, 0.1) is 0 Å². The van der Waals surface area contributed by atoms with Gasteiger partial charge in [-0.1, -0.05) is 39.5 Å². The second-order valence-corrected chi connectivity index (χ2v) is 7.36. The van der Waals surface area contributed by atoms with E-state index in [0.717, 1.165) is 19.5 Å². The number of ether oxygens (including phenoxy) is 1. The van der Waals surface area contributed by atoms with Crippen LogP contribution >= 0.6 is 0 Å². The summed E-state index contributed by atoms with van der Waals surface area (Å²) in [6, 6.07) is 0. The predicted molar refractivity (Wildman–Crippen MR) is 83.9 cm³/mol. The normalized spacial score (nSPS) is 23.1. The lowest BCUT2D eigenvalue weighted by atomic mass is 9.78. The maximum atomic E-state index is 12.2. The first-order valence-corrected chi connectivity index (χ1v) is 8.30. The average molecular weight is 283 g/mol. The summed E-state index contributed by atoms with van der Waals surface area (Å²) in [6.07, 6.45) is 8.56. The number of unbranched alkanes of at least 4 members (excludes halogenated alkanes) is 2. The van der Waals surface area contributed by atoms with Crippen LogP contribution in [0, 0.1) is 5.41 Å². The lowest BCUT2D eigenvalue weighted by Gasteiger charge is -2.30. The first-order valence-electron chi connectivity index (χ1n) is 8.30. The molecule has 0 aliphatic carbocycles. The number of carbonyl (C=O) groups excluding carboxylic acids is 1. The molecular formula is C17H33NO2. The highest BCUT2D eigenvalue weighted by molar-refractivity contribution is 5.68. The lowest BCUT2D eigenvalue weighted by Crippen LogP contribution is -2.37. The van der Waals surface area contributed by atoms with Gasteiger partial charge in [-0.3, -0.25) is 0 Å². The van der Waals surface area contributed by atoms with Gasteiger partial charge < -0.3 is 9.64 Å². The van der Waals surface area contributed by atoms with Crippen LogP contribution in [0.1, 0.15) is 79.6 Å². The second-order valence-electron chi connectivity index (χ2n) is 7.36. The third-order valence-electron chi connectivity index (χ3n) is 4.18. The predicted octanol–water partition coefficient (Wildman–Crippen LogP) is 4.99. The van der Waals surface area contributed by atoms with Gasteiger partial charge in [0.15, 0.2) is 0 Å². The number of carbonyl (C=O) groups is 1. The van der Waals surface area contributed by atoms with Gasteiger partial charge in [-0.05, 0) is 45.4 Å². The third kappa shape index (κ3) is 5.34. The molecule has 1 atom stereocenters. The molecule has 1 unspecified atom stereocenters. The van der Waals surface area contributed by atoms with Crippen LogP contribution in [0.25, 0.3) is 0 Å².